The molecule has 4 rings (SSSR count). The molecule has 1 atom stereocenters. The van der Waals surface area contributed by atoms with Gasteiger partial charge in [-0.15, -0.1) is 0 Å². The average Bonchev–Trinajstić information content (AvgIpc) is 3.11. The van der Waals surface area contributed by atoms with E-state index in [9.17, 15) is 0 Å². The number of rotatable bonds is 2. The van der Waals surface area contributed by atoms with Crippen molar-refractivity contribution in [3.05, 3.63) is 24.2 Å². The molecule has 0 N–H and O–H groups in total. The molecule has 0 amide bonds. The molecule has 2 aliphatic rings. The van der Waals surface area contributed by atoms with Crippen LogP contribution in [0.1, 0.15) is 43.6 Å². The van der Waals surface area contributed by atoms with Crippen LogP contribution in [-0.2, 0) is 0 Å². The van der Waals surface area contributed by atoms with Crippen molar-refractivity contribution in [3.63, 3.8) is 0 Å². The molecule has 0 spiro atoms. The molecule has 0 radical (unpaired) electrons. The number of hydrogen-bond acceptors (Lipinski definition) is 4. The molecule has 22 heavy (non-hydrogen) atoms. The van der Waals surface area contributed by atoms with E-state index in [0.29, 0.717) is 12.1 Å². The molecule has 4 heterocycles. The zero-order valence-electron chi connectivity index (χ0n) is 13.6. The van der Waals surface area contributed by atoms with Gasteiger partial charge in [-0.3, -0.25) is 9.47 Å². The van der Waals surface area contributed by atoms with Gasteiger partial charge in [0.15, 0.2) is 5.65 Å². The van der Waals surface area contributed by atoms with Crippen LogP contribution in [0.2, 0.25) is 0 Å². The van der Waals surface area contributed by atoms with E-state index in [1.54, 1.807) is 0 Å². The highest BCUT2D eigenvalue weighted by Crippen LogP contribution is 2.35. The van der Waals surface area contributed by atoms with Crippen molar-refractivity contribution >= 4 is 11.2 Å². The van der Waals surface area contributed by atoms with Gasteiger partial charge in [0, 0.05) is 12.1 Å². The third-order valence-corrected chi connectivity index (χ3v) is 5.34. The van der Waals surface area contributed by atoms with Crippen LogP contribution in [0.5, 0.6) is 0 Å². The average molecular weight is 299 g/mol. The van der Waals surface area contributed by atoms with Gasteiger partial charge in [0.25, 0.3) is 0 Å². The zero-order valence-corrected chi connectivity index (χ0v) is 13.6. The Morgan fingerprint density at radius 2 is 1.91 bits per heavy atom. The third-order valence-electron chi connectivity index (χ3n) is 5.34. The molecule has 5 heteroatoms. The van der Waals surface area contributed by atoms with E-state index in [1.165, 1.54) is 51.1 Å². The van der Waals surface area contributed by atoms with E-state index in [4.69, 9.17) is 4.98 Å². The summed E-state index contributed by atoms with van der Waals surface area (Å²) in [7, 11) is 4.44. The van der Waals surface area contributed by atoms with Gasteiger partial charge in [-0.25, -0.2) is 9.97 Å². The summed E-state index contributed by atoms with van der Waals surface area (Å²) < 4.78 is 2.44. The van der Waals surface area contributed by atoms with Gasteiger partial charge < -0.3 is 4.90 Å². The van der Waals surface area contributed by atoms with Crippen LogP contribution in [0.3, 0.4) is 0 Å². The second kappa shape index (κ2) is 5.63. The zero-order chi connectivity index (χ0) is 15.1. The number of aromatic nitrogens is 3. The summed E-state index contributed by atoms with van der Waals surface area (Å²) in [5.74, 6) is 1.83. The van der Waals surface area contributed by atoms with Crippen molar-refractivity contribution in [2.75, 3.05) is 33.7 Å². The van der Waals surface area contributed by atoms with E-state index in [0.717, 1.165) is 11.2 Å². The highest BCUT2D eigenvalue weighted by atomic mass is 15.3. The van der Waals surface area contributed by atoms with Gasteiger partial charge in [-0.1, -0.05) is 0 Å². The molecule has 0 saturated carbocycles. The molecule has 2 aromatic rings. The molecule has 0 aromatic carbocycles. The maximum atomic E-state index is 5.00. The monoisotopic (exact) mass is 299 g/mol. The Labute approximate surface area is 131 Å². The summed E-state index contributed by atoms with van der Waals surface area (Å²) in [4.78, 5) is 14.5. The first kappa shape index (κ1) is 14.2. The predicted molar refractivity (Wildman–Crippen MR) is 87.9 cm³/mol. The van der Waals surface area contributed by atoms with Crippen LogP contribution < -0.4 is 0 Å². The van der Waals surface area contributed by atoms with Crippen molar-refractivity contribution in [2.45, 2.75) is 37.8 Å². The maximum Gasteiger partial charge on any atom is 0.161 e. The SMILES string of the molecule is CN1CCC(c2nc3cccnc3n2C2CCCN2C)CC1. The number of pyridine rings is 1. The van der Waals surface area contributed by atoms with Crippen molar-refractivity contribution in [1.82, 2.24) is 24.3 Å². The number of likely N-dealkylation sites (tertiary alicyclic amines) is 2. The van der Waals surface area contributed by atoms with Crippen LogP contribution in [0.15, 0.2) is 18.3 Å². The molecule has 5 nitrogen and oxygen atoms in total. The van der Waals surface area contributed by atoms with Crippen LogP contribution in [0.25, 0.3) is 11.2 Å². The van der Waals surface area contributed by atoms with Gasteiger partial charge >= 0.3 is 0 Å². The largest absolute Gasteiger partial charge is 0.306 e. The minimum Gasteiger partial charge on any atom is -0.306 e. The van der Waals surface area contributed by atoms with Gasteiger partial charge in [-0.2, -0.15) is 0 Å². The summed E-state index contributed by atoms with van der Waals surface area (Å²) in [5, 5.41) is 0. The molecular formula is C17H25N5. The lowest BCUT2D eigenvalue weighted by Crippen LogP contribution is -2.32. The van der Waals surface area contributed by atoms with Crippen LogP contribution >= 0.6 is 0 Å². The fourth-order valence-electron chi connectivity index (χ4n) is 4.01. The van der Waals surface area contributed by atoms with Gasteiger partial charge in [-0.05, 0) is 71.5 Å². The third kappa shape index (κ3) is 2.32. The highest BCUT2D eigenvalue weighted by molar-refractivity contribution is 5.71. The standard InChI is InChI=1S/C17H25N5/c1-20-11-7-13(8-12-20)16-19-14-5-3-9-18-17(14)22(16)15-6-4-10-21(15)2/h3,5,9,13,15H,4,6-8,10-12H2,1-2H3. The van der Waals surface area contributed by atoms with Crippen LogP contribution in [0, 0.1) is 0 Å². The summed E-state index contributed by atoms with van der Waals surface area (Å²) in [6.45, 7) is 3.51. The first-order chi connectivity index (χ1) is 10.7. The van der Waals surface area contributed by atoms with Crippen LogP contribution in [-0.4, -0.2) is 58.1 Å². The van der Waals surface area contributed by atoms with E-state index < -0.39 is 0 Å². The molecule has 2 fully saturated rings. The molecule has 2 saturated heterocycles. The Morgan fingerprint density at radius 3 is 2.64 bits per heavy atom. The second-order valence-electron chi connectivity index (χ2n) is 6.87. The van der Waals surface area contributed by atoms with E-state index in [1.807, 2.05) is 12.3 Å². The lowest BCUT2D eigenvalue weighted by molar-refractivity contribution is 0.216. The Bertz CT molecular complexity index is 656. The second-order valence-corrected chi connectivity index (χ2v) is 6.87. The minimum absolute atomic E-state index is 0.426. The lowest BCUT2D eigenvalue weighted by Gasteiger charge is -2.31. The molecular weight excluding hydrogens is 274 g/mol. The normalized spacial score (nSPS) is 25.3. The van der Waals surface area contributed by atoms with Crippen molar-refractivity contribution in [3.8, 4) is 0 Å². The highest BCUT2D eigenvalue weighted by Gasteiger charge is 2.31. The Morgan fingerprint density at radius 1 is 1.09 bits per heavy atom. The Hall–Kier alpha value is -1.46. The topological polar surface area (TPSA) is 37.2 Å². The van der Waals surface area contributed by atoms with E-state index >= 15 is 0 Å². The number of hydrogen-bond donors (Lipinski definition) is 0. The Kier molecular flexibility index (Phi) is 3.62. The minimum atomic E-state index is 0.426. The quantitative estimate of drug-likeness (QED) is 0.853. The summed E-state index contributed by atoms with van der Waals surface area (Å²) in [6.07, 6.45) is 7.20. The Balaban J connectivity index is 1.79. The van der Waals surface area contributed by atoms with Crippen molar-refractivity contribution in [1.29, 1.82) is 0 Å². The van der Waals surface area contributed by atoms with Crippen molar-refractivity contribution in [2.24, 2.45) is 0 Å². The first-order valence-electron chi connectivity index (χ1n) is 8.45. The van der Waals surface area contributed by atoms with Crippen molar-refractivity contribution < 1.29 is 0 Å². The van der Waals surface area contributed by atoms with E-state index in [2.05, 4.69) is 39.5 Å². The smallest absolute Gasteiger partial charge is 0.161 e. The van der Waals surface area contributed by atoms with Gasteiger partial charge in [0.1, 0.15) is 11.3 Å². The fourth-order valence-corrected chi connectivity index (χ4v) is 4.01. The number of nitrogens with zero attached hydrogens (tertiary/aromatic N) is 5. The summed E-state index contributed by atoms with van der Waals surface area (Å²) in [6, 6.07) is 4.10. The lowest BCUT2D eigenvalue weighted by atomic mass is 9.96. The molecule has 1 unspecified atom stereocenters. The summed E-state index contributed by atoms with van der Waals surface area (Å²) >= 11 is 0. The number of piperidine rings is 1. The molecule has 2 aliphatic heterocycles. The first-order valence-corrected chi connectivity index (χ1v) is 8.45. The van der Waals surface area contributed by atoms with Gasteiger partial charge in [0.05, 0.1) is 6.17 Å². The molecule has 2 aromatic heterocycles. The fraction of sp³-hybridized carbons (Fsp3) is 0.647. The predicted octanol–water partition coefficient (Wildman–Crippen LogP) is 2.46. The van der Waals surface area contributed by atoms with Crippen LogP contribution in [0.4, 0.5) is 0 Å². The van der Waals surface area contributed by atoms with Gasteiger partial charge in [0.2, 0.25) is 0 Å². The summed E-state index contributed by atoms with van der Waals surface area (Å²) in [5.41, 5.74) is 2.12. The molecule has 0 aliphatic carbocycles. The number of fused-ring (bicyclic) bond motifs is 1. The molecule has 0 bridgehead atoms. The maximum absolute atomic E-state index is 5.00. The number of imidazole rings is 1. The molecule has 118 valence electrons. The van der Waals surface area contributed by atoms with E-state index in [-0.39, 0.29) is 0 Å².